The Labute approximate surface area is 101 Å². The molecule has 2 rings (SSSR count). The van der Waals surface area contributed by atoms with E-state index in [1.165, 1.54) is 12.8 Å². The fourth-order valence-electron chi connectivity index (χ4n) is 2.10. The number of pyridine rings is 1. The van der Waals surface area contributed by atoms with Crippen molar-refractivity contribution in [2.45, 2.75) is 38.2 Å². The van der Waals surface area contributed by atoms with Crippen LogP contribution in [0.3, 0.4) is 0 Å². The van der Waals surface area contributed by atoms with Gasteiger partial charge in [-0.15, -0.1) is 0 Å². The summed E-state index contributed by atoms with van der Waals surface area (Å²) in [6.07, 6.45) is 10.5. The molecule has 1 atom stereocenters. The Hall–Kier alpha value is -0.860. The second-order valence-corrected chi connectivity index (χ2v) is 4.59. The van der Waals surface area contributed by atoms with Gasteiger partial charge in [-0.3, -0.25) is 4.98 Å². The number of nitrogens with zero attached hydrogens (tertiary/aromatic N) is 1. The summed E-state index contributed by atoms with van der Waals surface area (Å²) in [6, 6.07) is 1.79. The Morgan fingerprint density at radius 3 is 3.00 bits per heavy atom. The Morgan fingerprint density at radius 1 is 1.31 bits per heavy atom. The normalized spacial score (nSPS) is 18.8. The van der Waals surface area contributed by atoms with E-state index in [9.17, 15) is 5.11 Å². The third-order valence-electron chi connectivity index (χ3n) is 3.03. The second kappa shape index (κ2) is 5.46. The highest BCUT2D eigenvalue weighted by molar-refractivity contribution is 6.31. The molecule has 1 aliphatic rings. The van der Waals surface area contributed by atoms with Gasteiger partial charge < -0.3 is 5.11 Å². The predicted octanol–water partition coefficient (Wildman–Crippen LogP) is 3.66. The molecule has 1 heterocycles. The van der Waals surface area contributed by atoms with E-state index in [0.717, 1.165) is 30.4 Å². The Morgan fingerprint density at radius 2 is 2.19 bits per heavy atom. The molecule has 0 bridgehead atoms. The summed E-state index contributed by atoms with van der Waals surface area (Å²) in [4.78, 5) is 3.93. The number of hydrogen-bond acceptors (Lipinski definition) is 2. The molecule has 1 N–H and O–H groups in total. The number of aliphatic hydroxyl groups excluding tert-OH is 1. The minimum Gasteiger partial charge on any atom is -0.384 e. The lowest BCUT2D eigenvalue weighted by molar-refractivity contribution is 0.210. The molecule has 0 fully saturated rings. The third kappa shape index (κ3) is 2.63. The molecule has 0 amide bonds. The first kappa shape index (κ1) is 11.6. The maximum Gasteiger partial charge on any atom is 0.102 e. The van der Waals surface area contributed by atoms with Crippen molar-refractivity contribution in [2.75, 3.05) is 0 Å². The average Bonchev–Trinajstić information content (AvgIpc) is 2.57. The number of aromatic nitrogens is 1. The van der Waals surface area contributed by atoms with Gasteiger partial charge in [0, 0.05) is 18.0 Å². The zero-order valence-corrected chi connectivity index (χ0v) is 9.95. The van der Waals surface area contributed by atoms with E-state index in [4.69, 9.17) is 11.6 Å². The van der Waals surface area contributed by atoms with E-state index in [0.29, 0.717) is 5.02 Å². The van der Waals surface area contributed by atoms with Crippen LogP contribution in [0.5, 0.6) is 0 Å². The molecule has 0 saturated heterocycles. The summed E-state index contributed by atoms with van der Waals surface area (Å²) in [5.41, 5.74) is 1.87. The van der Waals surface area contributed by atoms with Crippen molar-refractivity contribution < 1.29 is 5.11 Å². The average molecular weight is 238 g/mol. The maximum atomic E-state index is 10.3. The number of halogens is 1. The molecule has 0 aliphatic heterocycles. The molecular formula is C13H16ClNO. The Bertz CT molecular complexity index is 389. The van der Waals surface area contributed by atoms with Crippen molar-refractivity contribution >= 4 is 11.6 Å². The molecule has 86 valence electrons. The summed E-state index contributed by atoms with van der Waals surface area (Å²) in [7, 11) is 0. The van der Waals surface area contributed by atoms with Crippen LogP contribution in [0, 0.1) is 0 Å². The van der Waals surface area contributed by atoms with E-state index < -0.39 is 6.10 Å². The molecule has 1 aliphatic carbocycles. The summed E-state index contributed by atoms with van der Waals surface area (Å²) < 4.78 is 0. The zero-order valence-electron chi connectivity index (χ0n) is 9.19. The number of hydrogen-bond donors (Lipinski definition) is 1. The first-order chi connectivity index (χ1) is 7.79. The van der Waals surface area contributed by atoms with Crippen LogP contribution in [0.15, 0.2) is 30.1 Å². The van der Waals surface area contributed by atoms with Crippen LogP contribution in [0.2, 0.25) is 5.02 Å². The minimum absolute atomic E-state index is 0.542. The second-order valence-electron chi connectivity index (χ2n) is 4.18. The third-order valence-corrected chi connectivity index (χ3v) is 3.34. The van der Waals surface area contributed by atoms with Gasteiger partial charge in [0.2, 0.25) is 0 Å². The lowest BCUT2D eigenvalue weighted by Gasteiger charge is -2.15. The van der Waals surface area contributed by atoms with Crippen LogP contribution >= 0.6 is 11.6 Å². The van der Waals surface area contributed by atoms with Crippen molar-refractivity contribution in [2.24, 2.45) is 0 Å². The molecule has 3 heteroatoms. The highest BCUT2D eigenvalue weighted by Gasteiger charge is 2.16. The molecule has 1 aromatic heterocycles. The van der Waals surface area contributed by atoms with Gasteiger partial charge in [0.05, 0.1) is 5.02 Å². The SMILES string of the molecule is OC(C1=CCCCCC1)c1ccncc1Cl. The van der Waals surface area contributed by atoms with Crippen molar-refractivity contribution in [1.29, 1.82) is 0 Å². The molecule has 2 nitrogen and oxygen atoms in total. The lowest BCUT2D eigenvalue weighted by atomic mass is 9.99. The number of aliphatic hydroxyl groups is 1. The first-order valence-corrected chi connectivity index (χ1v) is 6.13. The molecule has 16 heavy (non-hydrogen) atoms. The highest BCUT2D eigenvalue weighted by atomic mass is 35.5. The van der Waals surface area contributed by atoms with E-state index in [-0.39, 0.29) is 0 Å². The van der Waals surface area contributed by atoms with Crippen LogP contribution in [-0.4, -0.2) is 10.1 Å². The molecule has 1 unspecified atom stereocenters. The number of rotatable bonds is 2. The molecule has 0 radical (unpaired) electrons. The fourth-order valence-corrected chi connectivity index (χ4v) is 2.32. The van der Waals surface area contributed by atoms with Gasteiger partial charge in [0.25, 0.3) is 0 Å². The molecule has 1 aromatic rings. The van der Waals surface area contributed by atoms with Gasteiger partial charge in [-0.05, 0) is 37.3 Å². The summed E-state index contributed by atoms with van der Waals surface area (Å²) in [6.45, 7) is 0. The predicted molar refractivity (Wildman–Crippen MR) is 65.4 cm³/mol. The summed E-state index contributed by atoms with van der Waals surface area (Å²) in [5, 5.41) is 10.8. The van der Waals surface area contributed by atoms with Crippen LogP contribution in [0.25, 0.3) is 0 Å². The molecule has 0 aromatic carbocycles. The Balaban J connectivity index is 2.21. The van der Waals surface area contributed by atoms with Crippen molar-refractivity contribution in [3.8, 4) is 0 Å². The van der Waals surface area contributed by atoms with Gasteiger partial charge in [-0.2, -0.15) is 0 Å². The largest absolute Gasteiger partial charge is 0.384 e. The lowest BCUT2D eigenvalue weighted by Crippen LogP contribution is -2.02. The topological polar surface area (TPSA) is 33.1 Å². The zero-order chi connectivity index (χ0) is 11.4. The van der Waals surface area contributed by atoms with Crippen LogP contribution in [-0.2, 0) is 0 Å². The maximum absolute atomic E-state index is 10.3. The van der Waals surface area contributed by atoms with Crippen LogP contribution in [0.4, 0.5) is 0 Å². The van der Waals surface area contributed by atoms with Crippen molar-refractivity contribution in [3.05, 3.63) is 40.7 Å². The molecular weight excluding hydrogens is 222 g/mol. The Kier molecular flexibility index (Phi) is 3.97. The monoisotopic (exact) mass is 237 g/mol. The highest BCUT2D eigenvalue weighted by Crippen LogP contribution is 2.32. The molecule has 0 saturated carbocycles. The number of allylic oxidation sites excluding steroid dienone is 1. The van der Waals surface area contributed by atoms with Gasteiger partial charge >= 0.3 is 0 Å². The van der Waals surface area contributed by atoms with Gasteiger partial charge in [-0.1, -0.05) is 24.1 Å². The molecule has 0 spiro atoms. The first-order valence-electron chi connectivity index (χ1n) is 5.75. The summed E-state index contributed by atoms with van der Waals surface area (Å²) in [5.74, 6) is 0. The smallest absolute Gasteiger partial charge is 0.102 e. The summed E-state index contributed by atoms with van der Waals surface area (Å²) >= 11 is 6.03. The van der Waals surface area contributed by atoms with E-state index in [1.807, 2.05) is 0 Å². The van der Waals surface area contributed by atoms with E-state index >= 15 is 0 Å². The van der Waals surface area contributed by atoms with Gasteiger partial charge in [-0.25, -0.2) is 0 Å². The van der Waals surface area contributed by atoms with Gasteiger partial charge in [0.1, 0.15) is 6.10 Å². The van der Waals surface area contributed by atoms with Crippen molar-refractivity contribution in [1.82, 2.24) is 4.98 Å². The van der Waals surface area contributed by atoms with Gasteiger partial charge in [0.15, 0.2) is 0 Å². The van der Waals surface area contributed by atoms with Crippen LogP contribution < -0.4 is 0 Å². The minimum atomic E-state index is -0.561. The quantitative estimate of drug-likeness (QED) is 0.797. The van der Waals surface area contributed by atoms with Crippen molar-refractivity contribution in [3.63, 3.8) is 0 Å². The van der Waals surface area contributed by atoms with E-state index in [1.54, 1.807) is 18.5 Å². The van der Waals surface area contributed by atoms with E-state index in [2.05, 4.69) is 11.1 Å². The fraction of sp³-hybridized carbons (Fsp3) is 0.462. The standard InChI is InChI=1S/C13H16ClNO/c14-12-9-15-8-7-11(12)13(16)10-5-3-1-2-4-6-10/h5,7-9,13,16H,1-4,6H2. The van der Waals surface area contributed by atoms with Crippen LogP contribution in [0.1, 0.15) is 43.8 Å².